The van der Waals surface area contributed by atoms with Crippen molar-refractivity contribution in [1.29, 1.82) is 0 Å². The molecule has 1 aromatic carbocycles. The summed E-state index contributed by atoms with van der Waals surface area (Å²) in [6.45, 7) is 6.76. The molecule has 0 unspecified atom stereocenters. The molecule has 0 bridgehead atoms. The second kappa shape index (κ2) is 10.2. The molecule has 0 saturated carbocycles. The molecule has 0 spiro atoms. The van der Waals surface area contributed by atoms with E-state index in [1.54, 1.807) is 54.7 Å². The molecular weight excluding hydrogens is 534 g/mol. The number of nitrogens with one attached hydrogen (secondary N) is 1. The fourth-order valence-corrected chi connectivity index (χ4v) is 5.95. The van der Waals surface area contributed by atoms with Gasteiger partial charge in [0.05, 0.1) is 5.69 Å². The first kappa shape index (κ1) is 27.3. The summed E-state index contributed by atoms with van der Waals surface area (Å²) in [4.78, 5) is 49.6. The molecule has 0 fully saturated rings. The van der Waals surface area contributed by atoms with Crippen LogP contribution in [0, 0.1) is 5.41 Å². The fraction of sp³-hybridized carbons (Fsp3) is 0.323. The molecule has 0 atom stereocenters. The van der Waals surface area contributed by atoms with Crippen LogP contribution in [0.2, 0.25) is 0 Å². The SMILES string of the molecule is CC(=O)OCc1c(-c2cn(C)c(=O)c(Nc3cccc(N)c3)n2)ccnc1N1CCn2c(cc3c2CC(C)(C)C3)C1=O. The Morgan fingerprint density at radius 1 is 1.14 bits per heavy atom. The van der Waals surface area contributed by atoms with Gasteiger partial charge in [-0.3, -0.25) is 19.3 Å². The lowest BCUT2D eigenvalue weighted by atomic mass is 9.90. The first-order chi connectivity index (χ1) is 20.0. The minimum Gasteiger partial charge on any atom is -0.461 e. The Balaban J connectivity index is 1.42. The third kappa shape index (κ3) is 4.91. The van der Waals surface area contributed by atoms with Gasteiger partial charge >= 0.3 is 5.97 Å². The van der Waals surface area contributed by atoms with Gasteiger partial charge in [-0.05, 0) is 54.2 Å². The van der Waals surface area contributed by atoms with Gasteiger partial charge in [-0.15, -0.1) is 0 Å². The highest BCUT2D eigenvalue weighted by molar-refractivity contribution is 6.06. The van der Waals surface area contributed by atoms with Crippen molar-refractivity contribution < 1.29 is 14.3 Å². The van der Waals surface area contributed by atoms with Crippen molar-refractivity contribution in [3.05, 3.63) is 81.7 Å². The molecule has 3 N–H and O–H groups in total. The van der Waals surface area contributed by atoms with Crippen LogP contribution in [-0.4, -0.2) is 37.5 Å². The van der Waals surface area contributed by atoms with Crippen LogP contribution in [0.25, 0.3) is 11.3 Å². The molecule has 1 aliphatic heterocycles. The topological polar surface area (TPSA) is 137 Å². The number of nitrogen functional groups attached to an aromatic ring is 1. The lowest BCUT2D eigenvalue weighted by molar-refractivity contribution is -0.142. The molecule has 0 saturated heterocycles. The van der Waals surface area contributed by atoms with Gasteiger partial charge in [-0.1, -0.05) is 19.9 Å². The highest BCUT2D eigenvalue weighted by atomic mass is 16.5. The fourth-order valence-electron chi connectivity index (χ4n) is 5.95. The zero-order valence-corrected chi connectivity index (χ0v) is 24.1. The van der Waals surface area contributed by atoms with Gasteiger partial charge in [0.25, 0.3) is 11.5 Å². The number of esters is 1. The molecule has 2 aliphatic rings. The Morgan fingerprint density at radius 3 is 2.71 bits per heavy atom. The van der Waals surface area contributed by atoms with Crippen LogP contribution in [0.5, 0.6) is 0 Å². The van der Waals surface area contributed by atoms with E-state index in [1.807, 2.05) is 6.07 Å². The molecule has 6 rings (SSSR count). The van der Waals surface area contributed by atoms with Gasteiger partial charge < -0.3 is 24.9 Å². The molecule has 4 aromatic rings. The quantitative estimate of drug-likeness (QED) is 0.265. The number of aromatic nitrogens is 4. The molecular formula is C31H33N7O4. The van der Waals surface area contributed by atoms with Gasteiger partial charge in [0.15, 0.2) is 5.82 Å². The summed E-state index contributed by atoms with van der Waals surface area (Å²) < 4.78 is 9.01. The van der Waals surface area contributed by atoms with E-state index in [1.165, 1.54) is 22.7 Å². The lowest BCUT2D eigenvalue weighted by Gasteiger charge is -2.31. The predicted molar refractivity (Wildman–Crippen MR) is 160 cm³/mol. The van der Waals surface area contributed by atoms with Gasteiger partial charge in [0.1, 0.15) is 18.1 Å². The zero-order chi connectivity index (χ0) is 29.8. The van der Waals surface area contributed by atoms with Crippen molar-refractivity contribution >= 4 is 34.9 Å². The second-order valence-corrected chi connectivity index (χ2v) is 11.7. The molecule has 11 heteroatoms. The average Bonchev–Trinajstić information content (AvgIpc) is 3.42. The molecule has 0 radical (unpaired) electrons. The predicted octanol–water partition coefficient (Wildman–Crippen LogP) is 3.82. The van der Waals surface area contributed by atoms with E-state index in [0.717, 1.165) is 12.8 Å². The van der Waals surface area contributed by atoms with Crippen molar-refractivity contribution in [2.24, 2.45) is 12.5 Å². The highest BCUT2D eigenvalue weighted by Crippen LogP contribution is 2.40. The monoisotopic (exact) mass is 567 g/mol. The summed E-state index contributed by atoms with van der Waals surface area (Å²) in [6.07, 6.45) is 5.08. The summed E-state index contributed by atoms with van der Waals surface area (Å²) in [7, 11) is 1.63. The lowest BCUT2D eigenvalue weighted by Crippen LogP contribution is -2.41. The normalized spacial score (nSPS) is 15.3. The Morgan fingerprint density at radius 2 is 1.95 bits per heavy atom. The van der Waals surface area contributed by atoms with E-state index in [4.69, 9.17) is 10.5 Å². The smallest absolute Gasteiger partial charge is 0.302 e. The maximum absolute atomic E-state index is 13.9. The number of amides is 1. The van der Waals surface area contributed by atoms with Crippen molar-refractivity contribution in [3.63, 3.8) is 0 Å². The molecule has 216 valence electrons. The van der Waals surface area contributed by atoms with Crippen LogP contribution in [0.4, 0.5) is 23.0 Å². The van der Waals surface area contributed by atoms with Crippen LogP contribution in [0.1, 0.15) is 48.1 Å². The summed E-state index contributed by atoms with van der Waals surface area (Å²) in [5.41, 5.74) is 11.6. The van der Waals surface area contributed by atoms with E-state index in [-0.39, 0.29) is 29.3 Å². The third-order valence-corrected chi connectivity index (χ3v) is 7.83. The van der Waals surface area contributed by atoms with E-state index in [2.05, 4.69) is 33.7 Å². The van der Waals surface area contributed by atoms with Crippen molar-refractivity contribution in [3.8, 4) is 11.3 Å². The maximum atomic E-state index is 13.9. The number of carbonyl (C=O) groups is 2. The van der Waals surface area contributed by atoms with Gasteiger partial charge in [0.2, 0.25) is 0 Å². The number of nitrogens with zero attached hydrogens (tertiary/aromatic N) is 5. The van der Waals surface area contributed by atoms with E-state index in [9.17, 15) is 14.4 Å². The number of ether oxygens (including phenoxy) is 1. The number of benzene rings is 1. The van der Waals surface area contributed by atoms with Crippen molar-refractivity contribution in [2.75, 3.05) is 22.5 Å². The molecule has 1 amide bonds. The van der Waals surface area contributed by atoms with E-state index >= 15 is 0 Å². The van der Waals surface area contributed by atoms with Crippen LogP contribution in [0.15, 0.2) is 53.6 Å². The third-order valence-electron chi connectivity index (χ3n) is 7.83. The van der Waals surface area contributed by atoms with E-state index < -0.39 is 5.97 Å². The number of hydrogen-bond acceptors (Lipinski definition) is 8. The van der Waals surface area contributed by atoms with Gasteiger partial charge in [0, 0.05) is 67.7 Å². The van der Waals surface area contributed by atoms with Crippen molar-refractivity contribution in [2.45, 2.75) is 46.8 Å². The standard InChI is InChI=1S/C31H33N7O4/c1-18(39)42-17-23-22(24-16-36(4)30(41)27(35-24)34-21-7-5-6-20(32)13-21)8-9-33-28(23)38-11-10-37-25(29(38)40)12-19-14-31(2,3)15-26(19)37/h5-9,12-13,16H,10-11,14-15,17,32H2,1-4H3,(H,34,35). The number of hydrogen-bond donors (Lipinski definition) is 2. The summed E-state index contributed by atoms with van der Waals surface area (Å²) >= 11 is 0. The number of fused-ring (bicyclic) bond motifs is 3. The minimum absolute atomic E-state index is 0.0988. The number of carbonyl (C=O) groups excluding carboxylic acids is 2. The number of rotatable bonds is 6. The molecule has 1 aliphatic carbocycles. The van der Waals surface area contributed by atoms with Crippen LogP contribution in [0.3, 0.4) is 0 Å². The Bertz CT molecular complexity index is 1800. The largest absolute Gasteiger partial charge is 0.461 e. The zero-order valence-electron chi connectivity index (χ0n) is 24.1. The van der Waals surface area contributed by atoms with Crippen LogP contribution >= 0.6 is 0 Å². The van der Waals surface area contributed by atoms with Gasteiger partial charge in [-0.25, -0.2) is 9.97 Å². The first-order valence-electron chi connectivity index (χ1n) is 13.9. The minimum atomic E-state index is -0.467. The Kier molecular flexibility index (Phi) is 6.59. The molecule has 11 nitrogen and oxygen atoms in total. The average molecular weight is 568 g/mol. The number of anilines is 4. The van der Waals surface area contributed by atoms with Crippen LogP contribution in [-0.2, 0) is 42.6 Å². The van der Waals surface area contributed by atoms with Gasteiger partial charge in [-0.2, -0.15) is 0 Å². The first-order valence-corrected chi connectivity index (χ1v) is 13.9. The Labute approximate surface area is 243 Å². The summed E-state index contributed by atoms with van der Waals surface area (Å²) in [6, 6.07) is 10.8. The van der Waals surface area contributed by atoms with Crippen molar-refractivity contribution in [1.82, 2.24) is 19.1 Å². The molecule has 42 heavy (non-hydrogen) atoms. The Hall–Kier alpha value is -4.93. The number of pyridine rings is 1. The number of aryl methyl sites for hydroxylation is 1. The second-order valence-electron chi connectivity index (χ2n) is 11.7. The van der Waals surface area contributed by atoms with E-state index in [0.29, 0.717) is 52.8 Å². The molecule has 4 heterocycles. The summed E-state index contributed by atoms with van der Waals surface area (Å²) in [5, 5.41) is 3.06. The highest BCUT2D eigenvalue weighted by Gasteiger charge is 2.37. The number of nitrogens with two attached hydrogens (primary N) is 1. The van der Waals surface area contributed by atoms with Crippen LogP contribution < -0.4 is 21.5 Å². The molecule has 3 aromatic heterocycles. The maximum Gasteiger partial charge on any atom is 0.302 e. The summed E-state index contributed by atoms with van der Waals surface area (Å²) in [5.74, 6) is -0.125.